The van der Waals surface area contributed by atoms with Gasteiger partial charge in [0.05, 0.1) is 17.6 Å². The summed E-state index contributed by atoms with van der Waals surface area (Å²) in [5.74, 6) is -1.19. The first-order chi connectivity index (χ1) is 6.70. The number of aryl methyl sites for hydroxylation is 1. The molecule has 0 fully saturated rings. The minimum atomic E-state index is -0.597. The van der Waals surface area contributed by atoms with Gasteiger partial charge in [-0.2, -0.15) is 0 Å². The Hall–Kier alpha value is -1.71. The third-order valence-electron chi connectivity index (χ3n) is 2.03. The molecule has 0 aliphatic rings. The van der Waals surface area contributed by atoms with Crippen LogP contribution in [0.5, 0.6) is 0 Å². The van der Waals surface area contributed by atoms with E-state index in [1.54, 1.807) is 6.92 Å². The zero-order valence-electron chi connectivity index (χ0n) is 7.51. The maximum Gasteiger partial charge on any atom is 0.135 e. The third kappa shape index (κ3) is 1.28. The first-order valence-corrected chi connectivity index (χ1v) is 4.14. The second-order valence-electron chi connectivity index (χ2n) is 2.97. The number of aromatic amines is 1. The Labute approximate surface area is 79.6 Å². The van der Waals surface area contributed by atoms with Crippen molar-refractivity contribution in [3.05, 3.63) is 41.9 Å². The zero-order chi connectivity index (χ0) is 10.1. The van der Waals surface area contributed by atoms with Crippen molar-refractivity contribution in [3.8, 4) is 11.3 Å². The van der Waals surface area contributed by atoms with Crippen molar-refractivity contribution >= 4 is 0 Å². The van der Waals surface area contributed by atoms with E-state index in [2.05, 4.69) is 9.97 Å². The van der Waals surface area contributed by atoms with Gasteiger partial charge in [-0.15, -0.1) is 0 Å². The highest BCUT2D eigenvalue weighted by Gasteiger charge is 2.14. The first-order valence-electron chi connectivity index (χ1n) is 4.14. The lowest BCUT2D eigenvalue weighted by atomic mass is 10.1. The van der Waals surface area contributed by atoms with Gasteiger partial charge in [-0.3, -0.25) is 0 Å². The molecule has 1 N–H and O–H groups in total. The molecule has 72 valence electrons. The van der Waals surface area contributed by atoms with E-state index in [-0.39, 0.29) is 5.56 Å². The molecular formula is C10H8F2N2. The molecule has 14 heavy (non-hydrogen) atoms. The number of hydrogen-bond donors (Lipinski definition) is 1. The van der Waals surface area contributed by atoms with Crippen molar-refractivity contribution in [2.75, 3.05) is 0 Å². The van der Waals surface area contributed by atoms with Gasteiger partial charge in [-0.05, 0) is 19.1 Å². The minimum absolute atomic E-state index is 0.0775. The Morgan fingerprint density at radius 2 is 1.86 bits per heavy atom. The summed E-state index contributed by atoms with van der Waals surface area (Å²) in [5.41, 5.74) is 0.890. The molecule has 0 saturated heterocycles. The number of halogens is 2. The summed E-state index contributed by atoms with van der Waals surface area (Å²) in [4.78, 5) is 6.65. The highest BCUT2D eigenvalue weighted by molar-refractivity contribution is 5.62. The Bertz CT molecular complexity index is 443. The number of hydrogen-bond acceptors (Lipinski definition) is 1. The molecule has 0 amide bonds. The van der Waals surface area contributed by atoms with Gasteiger partial charge in [0.2, 0.25) is 0 Å². The Morgan fingerprint density at radius 1 is 1.21 bits per heavy atom. The molecule has 0 aliphatic carbocycles. The van der Waals surface area contributed by atoms with E-state index in [1.165, 1.54) is 24.5 Å². The lowest BCUT2D eigenvalue weighted by Gasteiger charge is -2.01. The Kier molecular flexibility index (Phi) is 2.04. The van der Waals surface area contributed by atoms with Crippen LogP contribution in [0.25, 0.3) is 11.3 Å². The van der Waals surface area contributed by atoms with Crippen molar-refractivity contribution < 1.29 is 8.78 Å². The highest BCUT2D eigenvalue weighted by Crippen LogP contribution is 2.25. The van der Waals surface area contributed by atoms with Crippen LogP contribution in [0, 0.1) is 18.6 Å². The lowest BCUT2D eigenvalue weighted by Crippen LogP contribution is -1.91. The van der Waals surface area contributed by atoms with Crippen LogP contribution in [0.2, 0.25) is 0 Å². The second-order valence-corrected chi connectivity index (χ2v) is 2.97. The largest absolute Gasteiger partial charge is 0.348 e. The summed E-state index contributed by atoms with van der Waals surface area (Å²) in [6, 6.07) is 3.76. The summed E-state index contributed by atoms with van der Waals surface area (Å²) >= 11 is 0. The van der Waals surface area contributed by atoms with Gasteiger partial charge in [-0.25, -0.2) is 13.8 Å². The third-order valence-corrected chi connectivity index (χ3v) is 2.03. The predicted molar refractivity (Wildman–Crippen MR) is 48.7 cm³/mol. The molecule has 0 bridgehead atoms. The Morgan fingerprint density at radius 3 is 2.36 bits per heavy atom. The topological polar surface area (TPSA) is 28.7 Å². The number of nitrogens with zero attached hydrogens (tertiary/aromatic N) is 1. The quantitative estimate of drug-likeness (QED) is 0.742. The van der Waals surface area contributed by atoms with Crippen LogP contribution in [0.4, 0.5) is 8.78 Å². The number of nitrogens with one attached hydrogen (secondary N) is 1. The summed E-state index contributed by atoms with van der Waals surface area (Å²) in [6.07, 6.45) is 1.41. The molecule has 2 aromatic rings. The van der Waals surface area contributed by atoms with Crippen molar-refractivity contribution in [1.82, 2.24) is 9.97 Å². The van der Waals surface area contributed by atoms with Gasteiger partial charge in [0.1, 0.15) is 11.6 Å². The molecule has 0 spiro atoms. The van der Waals surface area contributed by atoms with E-state index >= 15 is 0 Å². The first kappa shape index (κ1) is 8.87. The zero-order valence-corrected chi connectivity index (χ0v) is 7.51. The molecule has 2 rings (SSSR count). The molecule has 1 aromatic heterocycles. The van der Waals surface area contributed by atoms with Crippen LogP contribution in [0.15, 0.2) is 24.5 Å². The van der Waals surface area contributed by atoms with Crippen LogP contribution in [-0.4, -0.2) is 9.97 Å². The maximum absolute atomic E-state index is 13.3. The summed E-state index contributed by atoms with van der Waals surface area (Å²) in [6.45, 7) is 1.72. The molecule has 0 atom stereocenters. The van der Waals surface area contributed by atoms with Crippen molar-refractivity contribution in [2.24, 2.45) is 0 Å². The molecule has 0 saturated carbocycles. The maximum atomic E-state index is 13.3. The van der Waals surface area contributed by atoms with E-state index in [1.807, 2.05) is 0 Å². The number of H-pyrrole nitrogens is 1. The van der Waals surface area contributed by atoms with Crippen molar-refractivity contribution in [3.63, 3.8) is 0 Å². The Balaban J connectivity index is 2.68. The smallest absolute Gasteiger partial charge is 0.135 e. The van der Waals surface area contributed by atoms with E-state index in [9.17, 15) is 8.78 Å². The number of rotatable bonds is 1. The van der Waals surface area contributed by atoms with Crippen LogP contribution in [0.1, 0.15) is 5.69 Å². The number of imidazole rings is 1. The molecule has 0 aliphatic heterocycles. The normalized spacial score (nSPS) is 10.5. The molecule has 2 nitrogen and oxygen atoms in total. The van der Waals surface area contributed by atoms with Crippen LogP contribution < -0.4 is 0 Å². The van der Waals surface area contributed by atoms with Crippen LogP contribution >= 0.6 is 0 Å². The molecule has 4 heteroatoms. The monoisotopic (exact) mass is 194 g/mol. The van der Waals surface area contributed by atoms with E-state index < -0.39 is 11.6 Å². The molecule has 1 aromatic carbocycles. The fourth-order valence-corrected chi connectivity index (χ4v) is 1.33. The average molecular weight is 194 g/mol. The fourth-order valence-electron chi connectivity index (χ4n) is 1.33. The number of aromatic nitrogens is 2. The molecular weight excluding hydrogens is 186 g/mol. The summed E-state index contributed by atoms with van der Waals surface area (Å²) in [5, 5.41) is 0. The lowest BCUT2D eigenvalue weighted by molar-refractivity contribution is 0.588. The van der Waals surface area contributed by atoms with Crippen LogP contribution in [-0.2, 0) is 0 Å². The van der Waals surface area contributed by atoms with Crippen molar-refractivity contribution in [2.45, 2.75) is 6.92 Å². The fraction of sp³-hybridized carbons (Fsp3) is 0.100. The van der Waals surface area contributed by atoms with Crippen LogP contribution in [0.3, 0.4) is 0 Å². The minimum Gasteiger partial charge on any atom is -0.348 e. The SMILES string of the molecule is Cc1[nH]cnc1-c1c(F)cccc1F. The van der Waals surface area contributed by atoms with E-state index in [0.29, 0.717) is 11.4 Å². The number of benzene rings is 1. The standard InChI is InChI=1S/C10H8F2N2/c1-6-10(14-5-13-6)9-7(11)3-2-4-8(9)12/h2-5H,1H3,(H,13,14). The highest BCUT2D eigenvalue weighted by atomic mass is 19.1. The molecule has 0 unspecified atom stereocenters. The van der Waals surface area contributed by atoms with Gasteiger partial charge in [0, 0.05) is 5.69 Å². The van der Waals surface area contributed by atoms with Gasteiger partial charge < -0.3 is 4.98 Å². The van der Waals surface area contributed by atoms with Gasteiger partial charge in [-0.1, -0.05) is 6.07 Å². The van der Waals surface area contributed by atoms with Gasteiger partial charge in [0.15, 0.2) is 0 Å². The van der Waals surface area contributed by atoms with E-state index in [0.717, 1.165) is 0 Å². The average Bonchev–Trinajstić information content (AvgIpc) is 2.52. The summed E-state index contributed by atoms with van der Waals surface area (Å²) < 4.78 is 26.6. The molecule has 0 radical (unpaired) electrons. The van der Waals surface area contributed by atoms with E-state index in [4.69, 9.17) is 0 Å². The second kappa shape index (κ2) is 3.21. The van der Waals surface area contributed by atoms with Gasteiger partial charge in [0.25, 0.3) is 0 Å². The molecule has 1 heterocycles. The van der Waals surface area contributed by atoms with Crippen molar-refractivity contribution in [1.29, 1.82) is 0 Å². The van der Waals surface area contributed by atoms with Gasteiger partial charge >= 0.3 is 0 Å². The summed E-state index contributed by atoms with van der Waals surface area (Å²) in [7, 11) is 0. The predicted octanol–water partition coefficient (Wildman–Crippen LogP) is 2.66.